The number of nitrogens with one attached hydrogen (secondary N) is 1. The largest absolute Gasteiger partial charge is 0.396 e. The number of hydrogen-bond donors (Lipinski definition) is 2. The molecule has 0 amide bonds. The number of halogens is 2. The molecule has 0 bridgehead atoms. The Morgan fingerprint density at radius 1 is 1.39 bits per heavy atom. The van der Waals surface area contributed by atoms with Gasteiger partial charge in [0, 0.05) is 30.2 Å². The minimum Gasteiger partial charge on any atom is -0.396 e. The first-order valence-corrected chi connectivity index (χ1v) is 6.10. The average molecular weight is 253 g/mol. The Balaban J connectivity index is 2.02. The molecule has 1 aliphatic rings. The van der Waals surface area contributed by atoms with Crippen molar-refractivity contribution in [1.29, 1.82) is 0 Å². The van der Waals surface area contributed by atoms with Crippen molar-refractivity contribution in [2.24, 2.45) is 5.92 Å². The van der Waals surface area contributed by atoms with Crippen molar-refractivity contribution in [3.05, 3.63) is 47.5 Å². The molecule has 0 heterocycles. The van der Waals surface area contributed by atoms with Crippen LogP contribution in [0.15, 0.2) is 30.4 Å². The van der Waals surface area contributed by atoms with Crippen molar-refractivity contribution < 1.29 is 13.9 Å². The van der Waals surface area contributed by atoms with Crippen LogP contribution in [0.25, 0.3) is 0 Å². The minimum atomic E-state index is -0.435. The Labute approximate surface area is 105 Å². The maximum Gasteiger partial charge on any atom is 0.128 e. The molecule has 2 nitrogen and oxygen atoms in total. The molecule has 0 radical (unpaired) electrons. The van der Waals surface area contributed by atoms with Gasteiger partial charge in [0.1, 0.15) is 11.6 Å². The smallest absolute Gasteiger partial charge is 0.128 e. The molecule has 1 aromatic carbocycles. The van der Waals surface area contributed by atoms with E-state index in [9.17, 15) is 8.78 Å². The lowest BCUT2D eigenvalue weighted by Gasteiger charge is -2.20. The number of benzene rings is 1. The molecule has 0 saturated heterocycles. The third-order valence-corrected chi connectivity index (χ3v) is 3.30. The van der Waals surface area contributed by atoms with Crippen LogP contribution in [0.3, 0.4) is 0 Å². The summed E-state index contributed by atoms with van der Waals surface area (Å²) in [6.07, 6.45) is 4.71. The van der Waals surface area contributed by atoms with Gasteiger partial charge in [-0.25, -0.2) is 8.78 Å². The van der Waals surface area contributed by atoms with Gasteiger partial charge in [0.25, 0.3) is 0 Å². The fourth-order valence-corrected chi connectivity index (χ4v) is 2.29. The lowest BCUT2D eigenvalue weighted by Crippen LogP contribution is -2.30. The van der Waals surface area contributed by atoms with Crippen molar-refractivity contribution in [2.45, 2.75) is 25.4 Å². The predicted octanol–water partition coefficient (Wildman–Crippen LogP) is 2.55. The summed E-state index contributed by atoms with van der Waals surface area (Å²) in [5.41, 5.74) is 0.329. The van der Waals surface area contributed by atoms with Gasteiger partial charge in [0.05, 0.1) is 0 Å². The van der Waals surface area contributed by atoms with Gasteiger partial charge < -0.3 is 10.4 Å². The van der Waals surface area contributed by atoms with Crippen LogP contribution in [0.5, 0.6) is 0 Å². The normalized spacial score (nSPS) is 24.4. The zero-order valence-electron chi connectivity index (χ0n) is 10.2. The third kappa shape index (κ3) is 2.94. The van der Waals surface area contributed by atoms with Crippen LogP contribution >= 0.6 is 0 Å². The van der Waals surface area contributed by atoms with Crippen molar-refractivity contribution in [1.82, 2.24) is 5.32 Å². The number of hydrogen-bond acceptors (Lipinski definition) is 2. The van der Waals surface area contributed by atoms with Crippen molar-refractivity contribution in [3.63, 3.8) is 0 Å². The average Bonchev–Trinajstić information content (AvgIpc) is 2.80. The molecule has 0 saturated carbocycles. The molecule has 0 fully saturated rings. The summed E-state index contributed by atoms with van der Waals surface area (Å²) in [7, 11) is 0. The van der Waals surface area contributed by atoms with Crippen molar-refractivity contribution >= 4 is 0 Å². The molecular formula is C14H17F2NO. The Kier molecular flexibility index (Phi) is 4.09. The van der Waals surface area contributed by atoms with Crippen LogP contribution in [-0.4, -0.2) is 17.8 Å². The Bertz CT molecular complexity index is 447. The summed E-state index contributed by atoms with van der Waals surface area (Å²) in [4.78, 5) is 0. The quantitative estimate of drug-likeness (QED) is 0.808. The van der Waals surface area contributed by atoms with Gasteiger partial charge >= 0.3 is 0 Å². The van der Waals surface area contributed by atoms with Crippen molar-refractivity contribution in [2.75, 3.05) is 6.61 Å². The highest BCUT2D eigenvalue weighted by Gasteiger charge is 2.21. The van der Waals surface area contributed by atoms with E-state index >= 15 is 0 Å². The van der Waals surface area contributed by atoms with Gasteiger partial charge in [-0.2, -0.15) is 0 Å². The molecule has 1 aromatic rings. The number of aliphatic hydroxyl groups excluding tert-OH is 1. The van der Waals surface area contributed by atoms with E-state index in [4.69, 9.17) is 5.11 Å². The standard InChI is InChI=1S/C14H17F2NO/c1-9(13-7-11(15)3-5-14(13)16)17-12-4-2-10(6-12)8-18/h2-5,7,9-10,12,17-18H,6,8H2,1H3/t9?,10-,12+/m0/s1. The van der Waals surface area contributed by atoms with E-state index < -0.39 is 11.6 Å². The van der Waals surface area contributed by atoms with Crippen LogP contribution in [0.4, 0.5) is 8.78 Å². The fourth-order valence-electron chi connectivity index (χ4n) is 2.29. The Hall–Kier alpha value is -1.26. The lowest BCUT2D eigenvalue weighted by molar-refractivity contribution is 0.245. The fraction of sp³-hybridized carbons (Fsp3) is 0.429. The molecule has 0 aromatic heterocycles. The molecular weight excluding hydrogens is 236 g/mol. The summed E-state index contributed by atoms with van der Waals surface area (Å²) in [5, 5.41) is 12.2. The highest BCUT2D eigenvalue weighted by molar-refractivity contribution is 5.22. The van der Waals surface area contributed by atoms with Gasteiger partial charge in [0.2, 0.25) is 0 Å². The van der Waals surface area contributed by atoms with Gasteiger partial charge in [-0.3, -0.25) is 0 Å². The van der Waals surface area contributed by atoms with E-state index in [2.05, 4.69) is 5.32 Å². The molecule has 4 heteroatoms. The molecule has 98 valence electrons. The van der Waals surface area contributed by atoms with Gasteiger partial charge in [-0.05, 0) is 31.5 Å². The topological polar surface area (TPSA) is 32.3 Å². The van der Waals surface area contributed by atoms with E-state index in [1.807, 2.05) is 12.2 Å². The summed E-state index contributed by atoms with van der Waals surface area (Å²) in [6.45, 7) is 1.93. The second-order valence-electron chi connectivity index (χ2n) is 4.72. The van der Waals surface area contributed by atoms with Crippen LogP contribution in [0.2, 0.25) is 0 Å². The minimum absolute atomic E-state index is 0.0971. The summed E-state index contributed by atoms with van der Waals surface area (Å²) in [6, 6.07) is 3.30. The highest BCUT2D eigenvalue weighted by Crippen LogP contribution is 2.23. The molecule has 2 rings (SSSR count). The van der Waals surface area contributed by atoms with Gasteiger partial charge in [-0.15, -0.1) is 0 Å². The summed E-state index contributed by atoms with van der Waals surface area (Å²) in [5.74, 6) is -0.681. The second-order valence-corrected chi connectivity index (χ2v) is 4.72. The van der Waals surface area contributed by atoms with E-state index in [-0.39, 0.29) is 24.6 Å². The molecule has 2 N–H and O–H groups in total. The zero-order valence-corrected chi connectivity index (χ0v) is 10.2. The predicted molar refractivity (Wildman–Crippen MR) is 66.0 cm³/mol. The molecule has 0 spiro atoms. The molecule has 1 aliphatic carbocycles. The van der Waals surface area contributed by atoms with Crippen molar-refractivity contribution in [3.8, 4) is 0 Å². The lowest BCUT2D eigenvalue weighted by atomic mass is 10.0. The van der Waals surface area contributed by atoms with E-state index in [1.54, 1.807) is 6.92 Å². The van der Waals surface area contributed by atoms with Gasteiger partial charge in [0.15, 0.2) is 0 Å². The molecule has 0 aliphatic heterocycles. The maximum absolute atomic E-state index is 13.6. The molecule has 3 atom stereocenters. The monoisotopic (exact) mass is 253 g/mol. The molecule has 1 unspecified atom stereocenters. The number of aliphatic hydroxyl groups is 1. The Morgan fingerprint density at radius 3 is 2.83 bits per heavy atom. The van der Waals surface area contributed by atoms with Crippen LogP contribution in [0.1, 0.15) is 24.9 Å². The SMILES string of the molecule is CC(N[C@@H]1C=C[C@H](CO)C1)c1cc(F)ccc1F. The Morgan fingerprint density at radius 2 is 2.17 bits per heavy atom. The van der Waals surface area contributed by atoms with E-state index in [1.165, 1.54) is 6.07 Å². The van der Waals surface area contributed by atoms with E-state index in [0.717, 1.165) is 18.6 Å². The molecule has 18 heavy (non-hydrogen) atoms. The first-order valence-electron chi connectivity index (χ1n) is 6.10. The third-order valence-electron chi connectivity index (χ3n) is 3.30. The summed E-state index contributed by atoms with van der Waals surface area (Å²) >= 11 is 0. The summed E-state index contributed by atoms with van der Waals surface area (Å²) < 4.78 is 26.7. The maximum atomic E-state index is 13.6. The first-order chi connectivity index (χ1) is 8.60. The van der Waals surface area contributed by atoms with Crippen LogP contribution in [0, 0.1) is 17.6 Å². The zero-order chi connectivity index (χ0) is 13.1. The second kappa shape index (κ2) is 5.59. The van der Waals surface area contributed by atoms with Crippen LogP contribution in [-0.2, 0) is 0 Å². The number of rotatable bonds is 4. The highest BCUT2D eigenvalue weighted by atomic mass is 19.1. The van der Waals surface area contributed by atoms with Crippen LogP contribution < -0.4 is 5.32 Å². The van der Waals surface area contributed by atoms with E-state index in [0.29, 0.717) is 5.56 Å². The first kappa shape index (κ1) is 13.2. The van der Waals surface area contributed by atoms with Gasteiger partial charge in [-0.1, -0.05) is 12.2 Å².